The maximum atomic E-state index is 11.5. The van der Waals surface area contributed by atoms with Crippen LogP contribution in [-0.4, -0.2) is 26.5 Å². The van der Waals surface area contributed by atoms with Crippen molar-refractivity contribution in [3.63, 3.8) is 0 Å². The highest BCUT2D eigenvalue weighted by atomic mass is 32.1. The van der Waals surface area contributed by atoms with Gasteiger partial charge in [-0.3, -0.25) is 4.79 Å². The molecule has 1 aromatic heterocycles. The van der Waals surface area contributed by atoms with Gasteiger partial charge >= 0.3 is 5.97 Å². The molecule has 0 aliphatic carbocycles. The van der Waals surface area contributed by atoms with Crippen LogP contribution in [0.4, 0.5) is 11.4 Å². The minimum atomic E-state index is -0.445. The quantitative estimate of drug-likeness (QED) is 0.678. The Bertz CT molecular complexity index is 621. The number of hydrogen-bond donors (Lipinski definition) is 1. The number of methoxy groups -OCH3 is 1. The van der Waals surface area contributed by atoms with Gasteiger partial charge in [0.1, 0.15) is 4.88 Å². The van der Waals surface area contributed by atoms with Crippen LogP contribution in [0.25, 0.3) is 10.1 Å². The number of esters is 1. The zero-order valence-corrected chi connectivity index (χ0v) is 10.8. The van der Waals surface area contributed by atoms with Crippen LogP contribution in [0.15, 0.2) is 18.2 Å². The van der Waals surface area contributed by atoms with Gasteiger partial charge in [0.15, 0.2) is 0 Å². The van der Waals surface area contributed by atoms with Crippen LogP contribution < -0.4 is 10.6 Å². The summed E-state index contributed by atoms with van der Waals surface area (Å²) in [4.78, 5) is 24.1. The van der Waals surface area contributed by atoms with Crippen LogP contribution in [0.3, 0.4) is 0 Å². The van der Waals surface area contributed by atoms with Crippen molar-refractivity contribution in [2.45, 2.75) is 0 Å². The Balaban J connectivity index is 2.60. The first-order chi connectivity index (χ1) is 8.58. The van der Waals surface area contributed by atoms with E-state index in [0.29, 0.717) is 17.0 Å². The first kappa shape index (κ1) is 12.4. The predicted octanol–water partition coefficient (Wildman–Crippen LogP) is 1.86. The lowest BCUT2D eigenvalue weighted by atomic mass is 10.2. The lowest BCUT2D eigenvalue weighted by Gasteiger charge is -2.10. The number of carbonyl (C=O) groups excluding carboxylic acids is 2. The molecule has 0 atom stereocenters. The Kier molecular flexibility index (Phi) is 3.20. The molecule has 6 heteroatoms. The van der Waals surface area contributed by atoms with E-state index in [4.69, 9.17) is 5.73 Å². The van der Waals surface area contributed by atoms with E-state index < -0.39 is 5.97 Å². The van der Waals surface area contributed by atoms with E-state index in [0.717, 1.165) is 15.8 Å². The number of ether oxygens (including phenoxy) is 1. The van der Waals surface area contributed by atoms with Crippen LogP contribution in [0.1, 0.15) is 9.67 Å². The molecular formula is C12H12N2O3S. The summed E-state index contributed by atoms with van der Waals surface area (Å²) in [5.41, 5.74) is 7.04. The highest BCUT2D eigenvalue weighted by molar-refractivity contribution is 7.21. The first-order valence-corrected chi connectivity index (χ1v) is 5.98. The summed E-state index contributed by atoms with van der Waals surface area (Å²) in [5.74, 6) is -0.445. The number of anilines is 2. The highest BCUT2D eigenvalue weighted by Gasteiger charge is 2.17. The number of benzene rings is 1. The standard InChI is InChI=1S/C12H12N2O3S/c1-14(6-15)7-3-4-9-8(5-7)10(13)11(18-9)12(16)17-2/h3-6H,13H2,1-2H3. The summed E-state index contributed by atoms with van der Waals surface area (Å²) < 4.78 is 5.56. The number of amides is 1. The van der Waals surface area contributed by atoms with E-state index in [1.165, 1.54) is 23.3 Å². The Hall–Kier alpha value is -2.08. The third-order valence-electron chi connectivity index (χ3n) is 2.65. The molecular weight excluding hydrogens is 252 g/mol. The van der Waals surface area contributed by atoms with Gasteiger partial charge in [-0.25, -0.2) is 4.79 Å². The molecule has 0 unspecified atom stereocenters. The molecule has 0 aliphatic rings. The van der Waals surface area contributed by atoms with Gasteiger partial charge in [-0.1, -0.05) is 0 Å². The van der Waals surface area contributed by atoms with Crippen LogP contribution >= 0.6 is 11.3 Å². The average molecular weight is 264 g/mol. The maximum absolute atomic E-state index is 11.5. The van der Waals surface area contributed by atoms with Gasteiger partial charge < -0.3 is 15.4 Å². The monoisotopic (exact) mass is 264 g/mol. The van der Waals surface area contributed by atoms with Crippen molar-refractivity contribution in [1.82, 2.24) is 0 Å². The minimum absolute atomic E-state index is 0.387. The van der Waals surface area contributed by atoms with Gasteiger partial charge in [0.2, 0.25) is 6.41 Å². The summed E-state index contributed by atoms with van der Waals surface area (Å²) in [7, 11) is 2.97. The fourth-order valence-electron chi connectivity index (χ4n) is 1.63. The lowest BCUT2D eigenvalue weighted by Crippen LogP contribution is -2.13. The smallest absolute Gasteiger partial charge is 0.350 e. The van der Waals surface area contributed by atoms with Crippen molar-refractivity contribution >= 4 is 45.2 Å². The van der Waals surface area contributed by atoms with Gasteiger partial charge in [-0.05, 0) is 18.2 Å². The number of nitrogen functional groups attached to an aromatic ring is 1. The van der Waals surface area contributed by atoms with Crippen LogP contribution in [0.2, 0.25) is 0 Å². The zero-order chi connectivity index (χ0) is 13.3. The number of carbonyl (C=O) groups is 2. The Morgan fingerprint density at radius 3 is 2.83 bits per heavy atom. The van der Waals surface area contributed by atoms with Gasteiger partial charge in [0, 0.05) is 22.8 Å². The summed E-state index contributed by atoms with van der Waals surface area (Å²) in [6.45, 7) is 0. The van der Waals surface area contributed by atoms with Crippen molar-refractivity contribution in [1.29, 1.82) is 0 Å². The molecule has 0 radical (unpaired) electrons. The predicted molar refractivity (Wildman–Crippen MR) is 72.0 cm³/mol. The minimum Gasteiger partial charge on any atom is -0.465 e. The number of nitrogens with zero attached hydrogens (tertiary/aromatic N) is 1. The van der Waals surface area contributed by atoms with Crippen LogP contribution in [0.5, 0.6) is 0 Å². The molecule has 18 heavy (non-hydrogen) atoms. The molecule has 94 valence electrons. The molecule has 1 aromatic carbocycles. The second-order valence-corrected chi connectivity index (χ2v) is 4.79. The summed E-state index contributed by atoms with van der Waals surface area (Å²) in [6.07, 6.45) is 0.713. The van der Waals surface area contributed by atoms with E-state index in [-0.39, 0.29) is 0 Å². The lowest BCUT2D eigenvalue weighted by molar-refractivity contribution is -0.107. The second-order valence-electron chi connectivity index (χ2n) is 3.73. The molecule has 5 nitrogen and oxygen atoms in total. The summed E-state index contributed by atoms with van der Waals surface area (Å²) in [5, 5.41) is 0.756. The number of hydrogen-bond acceptors (Lipinski definition) is 5. The number of nitrogens with two attached hydrogens (primary N) is 1. The number of thiophene rings is 1. The largest absolute Gasteiger partial charge is 0.465 e. The van der Waals surface area contributed by atoms with Crippen molar-refractivity contribution in [2.24, 2.45) is 0 Å². The van der Waals surface area contributed by atoms with Gasteiger partial charge in [-0.15, -0.1) is 11.3 Å². The molecule has 1 amide bonds. The topological polar surface area (TPSA) is 72.6 Å². The Morgan fingerprint density at radius 1 is 1.50 bits per heavy atom. The van der Waals surface area contributed by atoms with Crippen molar-refractivity contribution in [3.8, 4) is 0 Å². The molecule has 2 aromatic rings. The molecule has 1 heterocycles. The first-order valence-electron chi connectivity index (χ1n) is 5.17. The number of rotatable bonds is 3. The fraction of sp³-hybridized carbons (Fsp3) is 0.167. The SMILES string of the molecule is COC(=O)c1sc2ccc(N(C)C=O)cc2c1N. The van der Waals surface area contributed by atoms with Crippen molar-refractivity contribution < 1.29 is 14.3 Å². The van der Waals surface area contributed by atoms with Crippen LogP contribution in [-0.2, 0) is 9.53 Å². The third-order valence-corrected chi connectivity index (χ3v) is 3.81. The Labute approximate surface area is 108 Å². The molecule has 0 spiro atoms. The molecule has 0 saturated heterocycles. The van der Waals surface area contributed by atoms with Crippen molar-refractivity contribution in [2.75, 3.05) is 24.8 Å². The van der Waals surface area contributed by atoms with E-state index >= 15 is 0 Å². The molecule has 0 saturated carbocycles. The Morgan fingerprint density at radius 2 is 2.22 bits per heavy atom. The molecule has 0 fully saturated rings. The van der Waals surface area contributed by atoms with Crippen LogP contribution in [0, 0.1) is 0 Å². The van der Waals surface area contributed by atoms with Crippen molar-refractivity contribution in [3.05, 3.63) is 23.1 Å². The average Bonchev–Trinajstić information content (AvgIpc) is 2.74. The fourth-order valence-corrected chi connectivity index (χ4v) is 2.65. The molecule has 2 N–H and O–H groups in total. The van der Waals surface area contributed by atoms with E-state index in [2.05, 4.69) is 4.74 Å². The molecule has 0 bridgehead atoms. The summed E-state index contributed by atoms with van der Waals surface area (Å²) >= 11 is 1.28. The maximum Gasteiger partial charge on any atom is 0.350 e. The van der Waals surface area contributed by atoms with E-state index in [1.54, 1.807) is 19.2 Å². The third kappa shape index (κ3) is 1.91. The highest BCUT2D eigenvalue weighted by Crippen LogP contribution is 2.36. The van der Waals surface area contributed by atoms with Gasteiger partial charge in [0.25, 0.3) is 0 Å². The molecule has 0 aliphatic heterocycles. The van der Waals surface area contributed by atoms with E-state index in [1.807, 2.05) is 6.07 Å². The second kappa shape index (κ2) is 4.66. The van der Waals surface area contributed by atoms with Gasteiger partial charge in [-0.2, -0.15) is 0 Å². The molecule has 2 rings (SSSR count). The normalized spacial score (nSPS) is 10.3. The summed E-state index contributed by atoms with van der Waals surface area (Å²) in [6, 6.07) is 5.41. The van der Waals surface area contributed by atoms with E-state index in [9.17, 15) is 9.59 Å². The van der Waals surface area contributed by atoms with Gasteiger partial charge in [0.05, 0.1) is 12.8 Å². The zero-order valence-electron chi connectivity index (χ0n) is 9.97. The number of fused-ring (bicyclic) bond motifs is 1.